The molecule has 4 aliphatic rings. The molecule has 0 bridgehead atoms. The van der Waals surface area contributed by atoms with Crippen molar-refractivity contribution in [3.63, 3.8) is 0 Å². The SMILES string of the molecule is Cc1ccccc1-c1ccccc1NC1C=CC(C2=CC(c3c(C#N)cccc3CN3c4ccccc4C4C=CC=CC43)CC=C2C#N)=CC1. The summed E-state index contributed by atoms with van der Waals surface area (Å²) in [6, 6.07) is 37.1. The molecule has 1 heterocycles. The first-order valence-electron chi connectivity index (χ1n) is 17.5. The van der Waals surface area contributed by atoms with Crippen molar-refractivity contribution in [3.05, 3.63) is 190 Å². The second kappa shape index (κ2) is 13.4. The molecular formula is C46H38N4. The Kier molecular flexibility index (Phi) is 8.37. The van der Waals surface area contributed by atoms with Crippen molar-refractivity contribution in [2.75, 3.05) is 10.2 Å². The quantitative estimate of drug-likeness (QED) is 0.217. The topological polar surface area (TPSA) is 62.9 Å². The number of hydrogen-bond donors (Lipinski definition) is 1. The van der Waals surface area contributed by atoms with Gasteiger partial charge in [-0.15, -0.1) is 0 Å². The molecule has 0 amide bonds. The van der Waals surface area contributed by atoms with E-state index in [-0.39, 0.29) is 18.0 Å². The zero-order valence-corrected chi connectivity index (χ0v) is 28.1. The number of para-hydroxylation sites is 2. The number of allylic oxidation sites excluding steroid dienone is 8. The van der Waals surface area contributed by atoms with Crippen molar-refractivity contribution in [2.24, 2.45) is 0 Å². The van der Waals surface area contributed by atoms with E-state index in [1.807, 2.05) is 12.1 Å². The van der Waals surface area contributed by atoms with Gasteiger partial charge in [-0.2, -0.15) is 10.5 Å². The normalized spacial score (nSPS) is 21.7. The molecule has 1 N–H and O–H groups in total. The van der Waals surface area contributed by atoms with Crippen LogP contribution in [0, 0.1) is 29.6 Å². The Balaban J connectivity index is 1.07. The van der Waals surface area contributed by atoms with Crippen LogP contribution in [-0.4, -0.2) is 12.1 Å². The lowest BCUT2D eigenvalue weighted by molar-refractivity contribution is 0.666. The van der Waals surface area contributed by atoms with E-state index in [9.17, 15) is 10.5 Å². The third-order valence-electron chi connectivity index (χ3n) is 10.6. The maximum atomic E-state index is 10.3. The summed E-state index contributed by atoms with van der Waals surface area (Å²) in [5.74, 6) is 0.301. The predicted molar refractivity (Wildman–Crippen MR) is 204 cm³/mol. The average molecular weight is 647 g/mol. The number of nitrogens with one attached hydrogen (secondary N) is 1. The van der Waals surface area contributed by atoms with E-state index in [1.165, 1.54) is 27.9 Å². The third-order valence-corrected chi connectivity index (χ3v) is 10.6. The summed E-state index contributed by atoms with van der Waals surface area (Å²) >= 11 is 0. The maximum absolute atomic E-state index is 10.3. The van der Waals surface area contributed by atoms with Crippen LogP contribution in [0.5, 0.6) is 0 Å². The Morgan fingerprint density at radius 1 is 0.780 bits per heavy atom. The Morgan fingerprint density at radius 3 is 2.40 bits per heavy atom. The van der Waals surface area contributed by atoms with Crippen molar-refractivity contribution in [3.8, 4) is 23.3 Å². The fourth-order valence-electron chi connectivity index (χ4n) is 8.15. The lowest BCUT2D eigenvalue weighted by Crippen LogP contribution is -2.32. The smallest absolute Gasteiger partial charge is 0.0994 e. The molecule has 0 spiro atoms. The first-order chi connectivity index (χ1) is 24.6. The number of nitriles is 2. The van der Waals surface area contributed by atoms with Crippen molar-refractivity contribution < 1.29 is 0 Å². The summed E-state index contributed by atoms with van der Waals surface area (Å²) in [4.78, 5) is 2.49. The number of fused-ring (bicyclic) bond motifs is 3. The van der Waals surface area contributed by atoms with Gasteiger partial charge in [0.05, 0.1) is 29.3 Å². The van der Waals surface area contributed by atoms with Crippen LogP contribution in [0.4, 0.5) is 11.4 Å². The minimum atomic E-state index is -0.0190. The van der Waals surface area contributed by atoms with E-state index < -0.39 is 0 Å². The predicted octanol–water partition coefficient (Wildman–Crippen LogP) is 10.4. The molecule has 1 aliphatic heterocycles. The number of nitrogens with zero attached hydrogens (tertiary/aromatic N) is 3. The number of aryl methyl sites for hydroxylation is 1. The Labute approximate surface area is 295 Å². The van der Waals surface area contributed by atoms with Gasteiger partial charge in [0.1, 0.15) is 0 Å². The summed E-state index contributed by atoms with van der Waals surface area (Å²) in [5, 5.41) is 24.3. The summed E-state index contributed by atoms with van der Waals surface area (Å²) in [6.07, 6.45) is 21.3. The molecule has 4 heteroatoms. The van der Waals surface area contributed by atoms with Crippen LogP contribution in [-0.2, 0) is 6.54 Å². The van der Waals surface area contributed by atoms with Gasteiger partial charge >= 0.3 is 0 Å². The summed E-state index contributed by atoms with van der Waals surface area (Å²) in [7, 11) is 0. The number of rotatable bonds is 7. The highest BCUT2D eigenvalue weighted by atomic mass is 15.2. The van der Waals surface area contributed by atoms with Gasteiger partial charge in [0.25, 0.3) is 0 Å². The zero-order chi connectivity index (χ0) is 34.0. The van der Waals surface area contributed by atoms with Crippen LogP contribution < -0.4 is 10.2 Å². The summed E-state index contributed by atoms with van der Waals surface area (Å²) in [6.45, 7) is 2.85. The molecule has 50 heavy (non-hydrogen) atoms. The van der Waals surface area contributed by atoms with Gasteiger partial charge in [-0.3, -0.25) is 0 Å². The molecule has 242 valence electrons. The molecule has 0 fully saturated rings. The van der Waals surface area contributed by atoms with Crippen LogP contribution in [0.25, 0.3) is 11.1 Å². The van der Waals surface area contributed by atoms with E-state index in [1.54, 1.807) is 0 Å². The third kappa shape index (κ3) is 5.70. The molecule has 0 radical (unpaired) electrons. The van der Waals surface area contributed by atoms with E-state index in [0.717, 1.165) is 34.4 Å². The largest absolute Gasteiger partial charge is 0.378 e. The highest BCUT2D eigenvalue weighted by Crippen LogP contribution is 2.45. The minimum absolute atomic E-state index is 0.0190. The molecule has 4 atom stereocenters. The molecule has 8 rings (SSSR count). The Bertz CT molecular complexity index is 2250. The minimum Gasteiger partial charge on any atom is -0.378 e. The first-order valence-corrected chi connectivity index (χ1v) is 17.5. The number of benzene rings is 4. The van der Waals surface area contributed by atoms with Crippen LogP contribution in [0.15, 0.2) is 162 Å². The van der Waals surface area contributed by atoms with Gasteiger partial charge < -0.3 is 10.2 Å². The van der Waals surface area contributed by atoms with Crippen molar-refractivity contribution in [1.29, 1.82) is 10.5 Å². The second-order valence-electron chi connectivity index (χ2n) is 13.5. The van der Waals surface area contributed by atoms with Crippen LogP contribution in [0.2, 0.25) is 0 Å². The summed E-state index contributed by atoms with van der Waals surface area (Å²) < 4.78 is 0. The fourth-order valence-corrected chi connectivity index (χ4v) is 8.15. The molecule has 3 aliphatic carbocycles. The van der Waals surface area contributed by atoms with E-state index in [2.05, 4.69) is 163 Å². The van der Waals surface area contributed by atoms with Gasteiger partial charge in [-0.05, 0) is 76.9 Å². The van der Waals surface area contributed by atoms with Crippen molar-refractivity contribution in [2.45, 2.75) is 50.2 Å². The lowest BCUT2D eigenvalue weighted by Gasteiger charge is -2.31. The second-order valence-corrected chi connectivity index (χ2v) is 13.5. The van der Waals surface area contributed by atoms with Crippen LogP contribution in [0.1, 0.15) is 52.5 Å². The van der Waals surface area contributed by atoms with E-state index in [0.29, 0.717) is 30.0 Å². The van der Waals surface area contributed by atoms with Gasteiger partial charge in [-0.1, -0.05) is 127 Å². The molecule has 4 nitrogen and oxygen atoms in total. The number of anilines is 2. The molecule has 4 aromatic carbocycles. The standard InChI is InChI=1S/C46H38N4/c1-31-11-2-3-14-38(31)39-15-4-7-18-43(39)49-37-25-23-32(24-26-37)42-27-33(21-22-34(42)28-47)46-35(29-48)12-10-13-36(46)30-50-44-19-8-5-16-40(44)41-17-6-9-20-45(41)50/h2-20,22-25,27,33,37,40,44,49H,21,26,30H2,1H3. The first kappa shape index (κ1) is 31.2. The highest BCUT2D eigenvalue weighted by Gasteiger charge is 2.37. The monoisotopic (exact) mass is 646 g/mol. The molecule has 0 aromatic heterocycles. The molecule has 0 saturated carbocycles. The highest BCUT2D eigenvalue weighted by molar-refractivity contribution is 5.80. The Morgan fingerprint density at radius 2 is 1.58 bits per heavy atom. The number of hydrogen-bond acceptors (Lipinski definition) is 4. The van der Waals surface area contributed by atoms with Gasteiger partial charge in [0.15, 0.2) is 0 Å². The maximum Gasteiger partial charge on any atom is 0.0994 e. The molecule has 0 saturated heterocycles. The van der Waals surface area contributed by atoms with Crippen LogP contribution in [0.3, 0.4) is 0 Å². The van der Waals surface area contributed by atoms with Gasteiger partial charge in [0.2, 0.25) is 0 Å². The van der Waals surface area contributed by atoms with E-state index >= 15 is 0 Å². The van der Waals surface area contributed by atoms with Crippen LogP contribution >= 0.6 is 0 Å². The van der Waals surface area contributed by atoms with Crippen molar-refractivity contribution >= 4 is 11.4 Å². The van der Waals surface area contributed by atoms with Gasteiger partial charge in [0, 0.05) is 41.4 Å². The van der Waals surface area contributed by atoms with Crippen molar-refractivity contribution in [1.82, 2.24) is 0 Å². The lowest BCUT2D eigenvalue weighted by atomic mass is 9.79. The van der Waals surface area contributed by atoms with E-state index in [4.69, 9.17) is 0 Å². The molecule has 4 aromatic rings. The zero-order valence-electron chi connectivity index (χ0n) is 28.1. The fraction of sp³-hybridized carbons (Fsp3) is 0.174. The summed E-state index contributed by atoms with van der Waals surface area (Å²) in [5.41, 5.74) is 13.0. The Hall–Kier alpha value is -6.10. The van der Waals surface area contributed by atoms with Gasteiger partial charge in [-0.25, -0.2) is 0 Å². The molecular weight excluding hydrogens is 609 g/mol. The molecule has 4 unspecified atom stereocenters. The average Bonchev–Trinajstić information content (AvgIpc) is 3.48.